The van der Waals surface area contributed by atoms with Gasteiger partial charge in [-0.2, -0.15) is 0 Å². The molecule has 114 valence electrons. The predicted octanol–water partition coefficient (Wildman–Crippen LogP) is 2.36. The molecule has 0 aliphatic carbocycles. The minimum absolute atomic E-state index is 0.437. The number of anilines is 2. The van der Waals surface area contributed by atoms with Crippen molar-refractivity contribution in [1.29, 1.82) is 0 Å². The van der Waals surface area contributed by atoms with Crippen molar-refractivity contribution in [2.45, 2.75) is 13.3 Å². The van der Waals surface area contributed by atoms with E-state index in [1.54, 1.807) is 6.08 Å². The Morgan fingerprint density at radius 1 is 1.33 bits per heavy atom. The summed E-state index contributed by atoms with van der Waals surface area (Å²) >= 11 is 0. The minimum Gasteiger partial charge on any atom is -0.478 e. The Labute approximate surface area is 125 Å². The van der Waals surface area contributed by atoms with Gasteiger partial charge in [-0.05, 0) is 30.7 Å². The highest BCUT2D eigenvalue weighted by molar-refractivity contribution is 5.86. The Morgan fingerprint density at radius 2 is 2.00 bits per heavy atom. The lowest BCUT2D eigenvalue weighted by Crippen LogP contribution is -2.36. The molecule has 5 heteroatoms. The molecule has 0 saturated carbocycles. The summed E-state index contributed by atoms with van der Waals surface area (Å²) in [5.41, 5.74) is 2.62. The van der Waals surface area contributed by atoms with Crippen molar-refractivity contribution in [3.05, 3.63) is 35.9 Å². The van der Waals surface area contributed by atoms with E-state index in [0.717, 1.165) is 32.0 Å². The van der Waals surface area contributed by atoms with Gasteiger partial charge < -0.3 is 20.1 Å². The highest BCUT2D eigenvalue weighted by Gasteiger charge is 2.10. The molecule has 1 aromatic rings. The van der Waals surface area contributed by atoms with Crippen molar-refractivity contribution >= 4 is 17.3 Å². The first-order valence-electron chi connectivity index (χ1n) is 7.29. The van der Waals surface area contributed by atoms with E-state index in [2.05, 4.69) is 22.3 Å². The standard InChI is InChI=1S/C16H22N2O3/c1-2-13(16(19)20)7-8-17-14-3-5-15(6-4-14)18-9-11-21-12-10-18/h3-7,17H,2,8-12H2,1H3,(H,19,20)/b13-7-. The van der Waals surface area contributed by atoms with E-state index < -0.39 is 5.97 Å². The maximum Gasteiger partial charge on any atom is 0.331 e. The number of carboxylic acids is 1. The molecule has 0 bridgehead atoms. The molecule has 0 atom stereocenters. The molecule has 1 aliphatic rings. The number of benzene rings is 1. The van der Waals surface area contributed by atoms with Crippen LogP contribution in [0.5, 0.6) is 0 Å². The summed E-state index contributed by atoms with van der Waals surface area (Å²) in [5.74, 6) is -0.845. The topological polar surface area (TPSA) is 61.8 Å². The van der Waals surface area contributed by atoms with Crippen LogP contribution < -0.4 is 10.2 Å². The Kier molecular flexibility index (Phi) is 5.63. The van der Waals surface area contributed by atoms with Gasteiger partial charge in [0.15, 0.2) is 0 Å². The summed E-state index contributed by atoms with van der Waals surface area (Å²) in [5, 5.41) is 12.2. The van der Waals surface area contributed by atoms with Crippen LogP contribution in [0.15, 0.2) is 35.9 Å². The van der Waals surface area contributed by atoms with Crippen LogP contribution in [-0.2, 0) is 9.53 Å². The number of nitrogens with one attached hydrogen (secondary N) is 1. The van der Waals surface area contributed by atoms with E-state index in [9.17, 15) is 4.79 Å². The Bertz CT molecular complexity index is 491. The summed E-state index contributed by atoms with van der Waals surface area (Å²) in [7, 11) is 0. The summed E-state index contributed by atoms with van der Waals surface area (Å²) in [6.07, 6.45) is 2.26. The second-order valence-corrected chi connectivity index (χ2v) is 4.92. The maximum atomic E-state index is 10.9. The average molecular weight is 290 g/mol. The molecule has 2 N–H and O–H groups in total. The Hall–Kier alpha value is -2.01. The number of hydrogen-bond acceptors (Lipinski definition) is 4. The predicted molar refractivity (Wildman–Crippen MR) is 84.0 cm³/mol. The van der Waals surface area contributed by atoms with E-state index >= 15 is 0 Å². The van der Waals surface area contributed by atoms with Crippen molar-refractivity contribution < 1.29 is 14.6 Å². The molecule has 0 spiro atoms. The molecule has 5 nitrogen and oxygen atoms in total. The first kappa shape index (κ1) is 15.4. The Morgan fingerprint density at radius 3 is 2.57 bits per heavy atom. The maximum absolute atomic E-state index is 10.9. The van der Waals surface area contributed by atoms with Gasteiger partial charge in [-0.3, -0.25) is 0 Å². The van der Waals surface area contributed by atoms with Crippen LogP contribution in [-0.4, -0.2) is 43.9 Å². The van der Waals surface area contributed by atoms with Crippen LogP contribution in [0.4, 0.5) is 11.4 Å². The van der Waals surface area contributed by atoms with Crippen LogP contribution in [0.3, 0.4) is 0 Å². The molecule has 1 saturated heterocycles. The van der Waals surface area contributed by atoms with Gasteiger partial charge in [0.1, 0.15) is 0 Å². The number of carbonyl (C=O) groups is 1. The molecule has 1 aliphatic heterocycles. The van der Waals surface area contributed by atoms with Crippen LogP contribution >= 0.6 is 0 Å². The van der Waals surface area contributed by atoms with Gasteiger partial charge in [0.05, 0.1) is 13.2 Å². The van der Waals surface area contributed by atoms with Gasteiger partial charge in [-0.25, -0.2) is 4.79 Å². The van der Waals surface area contributed by atoms with Gasteiger partial charge in [0.25, 0.3) is 0 Å². The van der Waals surface area contributed by atoms with Crippen molar-refractivity contribution in [3.8, 4) is 0 Å². The molecule has 21 heavy (non-hydrogen) atoms. The monoisotopic (exact) mass is 290 g/mol. The van der Waals surface area contributed by atoms with Gasteiger partial charge in [0.2, 0.25) is 0 Å². The van der Waals surface area contributed by atoms with Gasteiger partial charge in [-0.15, -0.1) is 0 Å². The minimum atomic E-state index is -0.845. The molecule has 1 fully saturated rings. The van der Waals surface area contributed by atoms with Crippen LogP contribution in [0, 0.1) is 0 Å². The Balaban J connectivity index is 1.89. The smallest absolute Gasteiger partial charge is 0.331 e. The van der Waals surface area contributed by atoms with Crippen molar-refractivity contribution in [3.63, 3.8) is 0 Å². The lowest BCUT2D eigenvalue weighted by Gasteiger charge is -2.28. The summed E-state index contributed by atoms with van der Waals surface area (Å²) in [6.45, 7) is 5.77. The largest absolute Gasteiger partial charge is 0.478 e. The lowest BCUT2D eigenvalue weighted by atomic mass is 10.2. The fourth-order valence-electron chi connectivity index (χ4n) is 2.29. The fraction of sp³-hybridized carbons (Fsp3) is 0.438. The quantitative estimate of drug-likeness (QED) is 0.788. The molecule has 0 radical (unpaired) electrons. The molecular weight excluding hydrogens is 268 g/mol. The van der Waals surface area contributed by atoms with Crippen LogP contribution in [0.2, 0.25) is 0 Å². The third kappa shape index (κ3) is 4.49. The van der Waals surface area contributed by atoms with E-state index in [4.69, 9.17) is 9.84 Å². The highest BCUT2D eigenvalue weighted by atomic mass is 16.5. The number of carboxylic acid groups (broad SMARTS) is 1. The van der Waals surface area contributed by atoms with Crippen molar-refractivity contribution in [1.82, 2.24) is 0 Å². The average Bonchev–Trinajstić information content (AvgIpc) is 2.53. The zero-order valence-corrected chi connectivity index (χ0v) is 12.3. The number of rotatable bonds is 6. The van der Waals surface area contributed by atoms with Gasteiger partial charge in [0, 0.05) is 36.6 Å². The summed E-state index contributed by atoms with van der Waals surface area (Å²) < 4.78 is 5.34. The van der Waals surface area contributed by atoms with E-state index in [1.165, 1.54) is 5.69 Å². The molecule has 0 amide bonds. The summed E-state index contributed by atoms with van der Waals surface area (Å²) in [6, 6.07) is 8.20. The number of aliphatic carboxylic acids is 1. The lowest BCUT2D eigenvalue weighted by molar-refractivity contribution is -0.132. The number of ether oxygens (including phenoxy) is 1. The molecule has 0 aromatic heterocycles. The number of nitrogens with zero attached hydrogens (tertiary/aromatic N) is 1. The van der Waals surface area contributed by atoms with Crippen molar-refractivity contribution in [2.24, 2.45) is 0 Å². The zero-order chi connectivity index (χ0) is 15.1. The van der Waals surface area contributed by atoms with E-state index in [1.807, 2.05) is 19.1 Å². The second kappa shape index (κ2) is 7.69. The fourth-order valence-corrected chi connectivity index (χ4v) is 2.29. The highest BCUT2D eigenvalue weighted by Crippen LogP contribution is 2.18. The van der Waals surface area contributed by atoms with E-state index in [-0.39, 0.29) is 0 Å². The number of hydrogen-bond donors (Lipinski definition) is 2. The molecular formula is C16H22N2O3. The normalized spacial score (nSPS) is 15.9. The van der Waals surface area contributed by atoms with E-state index in [0.29, 0.717) is 18.5 Å². The summed E-state index contributed by atoms with van der Waals surface area (Å²) in [4.78, 5) is 13.2. The molecule has 2 rings (SSSR count). The van der Waals surface area contributed by atoms with Crippen LogP contribution in [0.1, 0.15) is 13.3 Å². The molecule has 0 unspecified atom stereocenters. The molecule has 1 heterocycles. The van der Waals surface area contributed by atoms with Crippen molar-refractivity contribution in [2.75, 3.05) is 43.1 Å². The van der Waals surface area contributed by atoms with Gasteiger partial charge >= 0.3 is 5.97 Å². The first-order valence-corrected chi connectivity index (χ1v) is 7.29. The van der Waals surface area contributed by atoms with Crippen LogP contribution in [0.25, 0.3) is 0 Å². The number of morpholine rings is 1. The zero-order valence-electron chi connectivity index (χ0n) is 12.3. The molecule has 1 aromatic carbocycles. The SMILES string of the molecule is CC/C(=C/CNc1ccc(N2CCOCC2)cc1)C(=O)O. The van der Waals surface area contributed by atoms with Gasteiger partial charge in [-0.1, -0.05) is 13.0 Å². The first-order chi connectivity index (χ1) is 10.2. The second-order valence-electron chi connectivity index (χ2n) is 4.92. The third-order valence-corrected chi connectivity index (χ3v) is 3.55. The third-order valence-electron chi connectivity index (χ3n) is 3.55.